The molecule has 2 nitrogen and oxygen atoms in total. The van der Waals surface area contributed by atoms with Gasteiger partial charge < -0.3 is 9.47 Å². The maximum Gasteiger partial charge on any atom is 0.266 e. The van der Waals surface area contributed by atoms with Crippen molar-refractivity contribution in [3.05, 3.63) is 18.2 Å². The molecule has 0 unspecified atom stereocenters. The molecule has 0 aromatic heterocycles. The number of benzene rings is 1. The number of hydrogen-bond donors (Lipinski definition) is 0. The Morgan fingerprint density at radius 2 is 1.41 bits per heavy atom. The van der Waals surface area contributed by atoms with Crippen molar-refractivity contribution in [3.8, 4) is 11.5 Å². The van der Waals surface area contributed by atoms with Crippen LogP contribution in [0.2, 0.25) is 0 Å². The Morgan fingerprint density at radius 1 is 0.852 bits per heavy atom. The Hall–Kier alpha value is -0.750. The van der Waals surface area contributed by atoms with E-state index in [0.29, 0.717) is 6.10 Å². The van der Waals surface area contributed by atoms with Crippen LogP contribution in [0.3, 0.4) is 0 Å². The molecule has 2 aliphatic carbocycles. The summed E-state index contributed by atoms with van der Waals surface area (Å²) in [5.74, 6) is 2.36. The maximum absolute atomic E-state index is 6.39. The van der Waals surface area contributed by atoms with Gasteiger partial charge in [-0.3, -0.25) is 0 Å². The molecule has 2 saturated carbocycles. The number of ether oxygens (including phenoxy) is 2. The van der Waals surface area contributed by atoms with E-state index in [1.807, 2.05) is 0 Å². The molecular formula is C24H40O2P+. The summed E-state index contributed by atoms with van der Waals surface area (Å²) < 4.78 is 11.5. The van der Waals surface area contributed by atoms with Crippen LogP contribution >= 0.6 is 7.92 Å². The fourth-order valence-corrected chi connectivity index (χ4v) is 8.83. The zero-order chi connectivity index (χ0) is 19.2. The molecule has 0 atom stereocenters. The van der Waals surface area contributed by atoms with E-state index in [0.717, 1.165) is 17.1 Å². The molecule has 0 bridgehead atoms. The SMILES string of the molecule is CC(C)Oc1cccc([OH+]C(C)C)c1P(C1CCCCC1)C1CCCCC1. The number of rotatable bonds is 7. The monoisotopic (exact) mass is 391 g/mol. The van der Waals surface area contributed by atoms with E-state index in [1.54, 1.807) is 0 Å². The van der Waals surface area contributed by atoms with Crippen molar-refractivity contribution >= 4 is 13.2 Å². The molecule has 0 saturated heterocycles. The van der Waals surface area contributed by atoms with E-state index >= 15 is 0 Å². The molecule has 0 heterocycles. The molecule has 2 aliphatic rings. The molecule has 1 N–H and O–H groups in total. The van der Waals surface area contributed by atoms with Crippen LogP contribution < -0.4 is 10.0 Å². The van der Waals surface area contributed by atoms with Crippen LogP contribution in [0.15, 0.2) is 18.2 Å². The second-order valence-corrected chi connectivity index (χ2v) is 11.7. The lowest BCUT2D eigenvalue weighted by Crippen LogP contribution is -2.29. The van der Waals surface area contributed by atoms with E-state index in [2.05, 4.69) is 45.9 Å². The van der Waals surface area contributed by atoms with Crippen LogP contribution in [0.1, 0.15) is 91.9 Å². The molecule has 1 aromatic carbocycles. The summed E-state index contributed by atoms with van der Waals surface area (Å²) in [4.78, 5) is 0. The first-order valence-electron chi connectivity index (χ1n) is 11.3. The fraction of sp³-hybridized carbons (Fsp3) is 0.750. The van der Waals surface area contributed by atoms with Crippen molar-refractivity contribution in [2.24, 2.45) is 0 Å². The average Bonchev–Trinajstić information content (AvgIpc) is 2.65. The van der Waals surface area contributed by atoms with Crippen molar-refractivity contribution in [2.75, 3.05) is 0 Å². The van der Waals surface area contributed by atoms with E-state index in [-0.39, 0.29) is 14.0 Å². The van der Waals surface area contributed by atoms with Crippen LogP contribution in [-0.2, 0) is 0 Å². The summed E-state index contributed by atoms with van der Waals surface area (Å²) in [5.41, 5.74) is 1.74. The highest BCUT2D eigenvalue weighted by atomic mass is 31.1. The summed E-state index contributed by atoms with van der Waals surface area (Å²) in [6.07, 6.45) is 14.7. The first-order valence-corrected chi connectivity index (χ1v) is 12.8. The smallest absolute Gasteiger partial charge is 0.266 e. The van der Waals surface area contributed by atoms with Gasteiger partial charge in [-0.1, -0.05) is 46.4 Å². The standard InChI is InChI=1S/C24H39O2P/c1-18(2)25-22-16-11-17-23(26-19(3)4)24(22)27(20-12-7-5-8-13-20)21-14-9-6-10-15-21/h11,16-21H,5-10,12-15H2,1-4H3/p+1. The summed E-state index contributed by atoms with van der Waals surface area (Å²) in [7, 11) is -0.214. The van der Waals surface area contributed by atoms with Gasteiger partial charge in [0.2, 0.25) is 0 Å². The third-order valence-electron chi connectivity index (χ3n) is 5.93. The summed E-state index contributed by atoms with van der Waals surface area (Å²) in [5, 5.41) is 1.51. The molecule has 152 valence electrons. The van der Waals surface area contributed by atoms with Gasteiger partial charge in [-0.05, 0) is 63.0 Å². The molecule has 3 rings (SSSR count). The quantitative estimate of drug-likeness (QED) is 0.366. The lowest BCUT2D eigenvalue weighted by Gasteiger charge is -2.39. The van der Waals surface area contributed by atoms with Gasteiger partial charge in [-0.2, -0.15) is 0 Å². The second kappa shape index (κ2) is 10.1. The molecule has 0 spiro atoms. The highest BCUT2D eigenvalue weighted by Gasteiger charge is 2.37. The van der Waals surface area contributed by atoms with Gasteiger partial charge >= 0.3 is 0 Å². The lowest BCUT2D eigenvalue weighted by atomic mass is 9.99. The van der Waals surface area contributed by atoms with Crippen LogP contribution in [0.4, 0.5) is 0 Å². The predicted octanol–water partition coefficient (Wildman–Crippen LogP) is 6.90. The van der Waals surface area contributed by atoms with Gasteiger partial charge in [-0.15, -0.1) is 0 Å². The van der Waals surface area contributed by atoms with Crippen molar-refractivity contribution in [1.29, 1.82) is 0 Å². The van der Waals surface area contributed by atoms with Crippen LogP contribution in [0, 0.1) is 0 Å². The van der Waals surface area contributed by atoms with Gasteiger partial charge in [0.25, 0.3) is 5.75 Å². The van der Waals surface area contributed by atoms with Crippen molar-refractivity contribution in [3.63, 3.8) is 0 Å². The maximum atomic E-state index is 6.39. The fourth-order valence-electron chi connectivity index (χ4n) is 4.88. The molecule has 0 aliphatic heterocycles. The molecule has 27 heavy (non-hydrogen) atoms. The van der Waals surface area contributed by atoms with Crippen molar-refractivity contribution in [1.82, 2.24) is 0 Å². The third kappa shape index (κ3) is 5.63. The largest absolute Gasteiger partial charge is 0.580 e. The lowest BCUT2D eigenvalue weighted by molar-refractivity contribution is 0.0121. The zero-order valence-corrected chi connectivity index (χ0v) is 18.8. The van der Waals surface area contributed by atoms with Crippen LogP contribution in [0.5, 0.6) is 11.5 Å². The minimum Gasteiger partial charge on any atom is -0.580 e. The van der Waals surface area contributed by atoms with Crippen LogP contribution in [0.25, 0.3) is 0 Å². The number of aliphatic hydroxyl groups is 1. The Morgan fingerprint density at radius 3 is 1.89 bits per heavy atom. The first-order chi connectivity index (χ1) is 13.1. The number of aromatic hydroxyl groups is 1. The van der Waals surface area contributed by atoms with Crippen molar-refractivity contribution in [2.45, 2.75) is 115 Å². The van der Waals surface area contributed by atoms with Gasteiger partial charge in [0.05, 0.1) is 6.10 Å². The Bertz CT molecular complexity index is 525. The van der Waals surface area contributed by atoms with E-state index in [4.69, 9.17) is 9.47 Å². The molecule has 1 aromatic rings. The second-order valence-electron chi connectivity index (χ2n) is 9.00. The normalized spacial score (nSPS) is 19.8. The van der Waals surface area contributed by atoms with Gasteiger partial charge in [0, 0.05) is 19.9 Å². The van der Waals surface area contributed by atoms with Gasteiger partial charge in [0.15, 0.2) is 6.10 Å². The Labute approximate surface area is 168 Å². The van der Waals surface area contributed by atoms with E-state index in [1.165, 1.54) is 75.3 Å². The predicted molar refractivity (Wildman–Crippen MR) is 119 cm³/mol. The molecular weight excluding hydrogens is 351 g/mol. The number of hydrogen-bond acceptors (Lipinski definition) is 1. The third-order valence-corrected chi connectivity index (χ3v) is 9.50. The van der Waals surface area contributed by atoms with Gasteiger partial charge in [0.1, 0.15) is 11.1 Å². The average molecular weight is 392 g/mol. The topological polar surface area (TPSA) is 22.0 Å². The molecule has 3 heteroatoms. The first kappa shape index (κ1) is 21.0. The van der Waals surface area contributed by atoms with Crippen LogP contribution in [-0.4, -0.2) is 28.3 Å². The summed E-state index contributed by atoms with van der Waals surface area (Å²) >= 11 is 0. The van der Waals surface area contributed by atoms with E-state index < -0.39 is 0 Å². The van der Waals surface area contributed by atoms with Gasteiger partial charge in [-0.25, -0.2) is 0 Å². The molecule has 0 amide bonds. The van der Waals surface area contributed by atoms with E-state index in [9.17, 15) is 0 Å². The molecule has 0 radical (unpaired) electrons. The summed E-state index contributed by atoms with van der Waals surface area (Å²) in [6, 6.07) is 6.62. The minimum atomic E-state index is -0.214. The Balaban J connectivity index is 2.04. The zero-order valence-electron chi connectivity index (χ0n) is 17.9. The minimum absolute atomic E-state index is 0.214. The highest BCUT2D eigenvalue weighted by molar-refractivity contribution is 7.67. The summed E-state index contributed by atoms with van der Waals surface area (Å²) in [6.45, 7) is 8.70. The van der Waals surface area contributed by atoms with Crippen molar-refractivity contribution < 1.29 is 9.47 Å². The highest BCUT2D eigenvalue weighted by Crippen LogP contribution is 2.58. The molecule has 2 fully saturated rings. The Kier molecular flexibility index (Phi) is 7.88.